The highest BCUT2D eigenvalue weighted by atomic mass is 19.4. The Labute approximate surface area is 163 Å². The van der Waals surface area contributed by atoms with E-state index in [-0.39, 0.29) is 36.3 Å². The summed E-state index contributed by atoms with van der Waals surface area (Å²) in [7, 11) is 1.48. The molecule has 0 unspecified atom stereocenters. The van der Waals surface area contributed by atoms with Crippen LogP contribution < -0.4 is 5.32 Å². The third-order valence-corrected chi connectivity index (χ3v) is 5.79. The first-order chi connectivity index (χ1) is 13.0. The molecule has 1 aromatic rings. The second-order valence-corrected chi connectivity index (χ2v) is 8.84. The molecule has 28 heavy (non-hydrogen) atoms. The molecule has 0 bridgehead atoms. The lowest BCUT2D eigenvalue weighted by Crippen LogP contribution is -2.44. The first-order valence-electron chi connectivity index (χ1n) is 9.70. The van der Waals surface area contributed by atoms with Crippen molar-refractivity contribution in [3.8, 4) is 0 Å². The van der Waals surface area contributed by atoms with Gasteiger partial charge in [0.15, 0.2) is 6.04 Å². The summed E-state index contributed by atoms with van der Waals surface area (Å²) < 4.78 is 47.1. The van der Waals surface area contributed by atoms with E-state index in [2.05, 4.69) is 10.4 Å². The normalized spacial score (nSPS) is 24.0. The van der Waals surface area contributed by atoms with Crippen LogP contribution >= 0.6 is 0 Å². The first-order valence-corrected chi connectivity index (χ1v) is 9.70. The van der Waals surface area contributed by atoms with Crippen LogP contribution in [-0.2, 0) is 9.53 Å². The van der Waals surface area contributed by atoms with E-state index in [1.165, 1.54) is 7.11 Å². The van der Waals surface area contributed by atoms with Crippen molar-refractivity contribution in [1.29, 1.82) is 0 Å². The number of alkyl halides is 3. The van der Waals surface area contributed by atoms with Gasteiger partial charge in [-0.1, -0.05) is 20.8 Å². The SMILES string of the molecule is COCC(=O)N1CCC(c2cc3n(n2)[C@@H](C(F)(F)F)C[C@@H](C(C)(C)C)N3)CC1. The summed E-state index contributed by atoms with van der Waals surface area (Å²) >= 11 is 0. The van der Waals surface area contributed by atoms with Crippen LogP contribution in [0.4, 0.5) is 19.0 Å². The van der Waals surface area contributed by atoms with Crippen LogP contribution in [0.15, 0.2) is 6.07 Å². The van der Waals surface area contributed by atoms with Gasteiger partial charge in [0.1, 0.15) is 12.4 Å². The summed E-state index contributed by atoms with van der Waals surface area (Å²) in [5, 5.41) is 7.61. The number of ether oxygens (including phenoxy) is 1. The van der Waals surface area contributed by atoms with E-state index in [0.717, 1.165) is 4.68 Å². The highest BCUT2D eigenvalue weighted by molar-refractivity contribution is 5.77. The van der Waals surface area contributed by atoms with Gasteiger partial charge in [0.2, 0.25) is 5.91 Å². The van der Waals surface area contributed by atoms with Gasteiger partial charge in [-0.3, -0.25) is 4.79 Å². The van der Waals surface area contributed by atoms with Crippen molar-refractivity contribution in [2.45, 2.75) is 64.2 Å². The maximum atomic E-state index is 13.7. The molecule has 1 aromatic heterocycles. The Morgan fingerprint density at radius 3 is 2.46 bits per heavy atom. The van der Waals surface area contributed by atoms with Crippen LogP contribution in [0, 0.1) is 5.41 Å². The largest absolute Gasteiger partial charge is 0.410 e. The number of likely N-dealkylation sites (tertiary alicyclic amines) is 1. The summed E-state index contributed by atoms with van der Waals surface area (Å²) in [6.45, 7) is 7.01. The summed E-state index contributed by atoms with van der Waals surface area (Å²) in [6, 6.07) is -0.150. The Bertz CT molecular complexity index is 703. The molecule has 0 saturated carbocycles. The number of carbonyl (C=O) groups excluding carboxylic acids is 1. The zero-order valence-corrected chi connectivity index (χ0v) is 16.8. The monoisotopic (exact) mass is 402 g/mol. The molecule has 2 aliphatic heterocycles. The fourth-order valence-corrected chi connectivity index (χ4v) is 4.00. The highest BCUT2D eigenvalue weighted by Gasteiger charge is 2.48. The molecular formula is C19H29F3N4O2. The standard InChI is InChI=1S/C19H29F3N4O2/c1-18(2,3)14-10-15(19(20,21)22)26-16(23-14)9-13(24-26)12-5-7-25(8-6-12)17(27)11-28-4/h9,12,14-15,23H,5-8,10-11H2,1-4H3/t14-,15+/m0/s1. The fraction of sp³-hybridized carbons (Fsp3) is 0.789. The number of amides is 1. The topological polar surface area (TPSA) is 59.4 Å². The summed E-state index contributed by atoms with van der Waals surface area (Å²) in [4.78, 5) is 13.7. The Hall–Kier alpha value is -1.77. The van der Waals surface area contributed by atoms with Crippen molar-refractivity contribution >= 4 is 11.7 Å². The quantitative estimate of drug-likeness (QED) is 0.840. The van der Waals surface area contributed by atoms with Crippen LogP contribution in [-0.4, -0.2) is 59.6 Å². The number of nitrogens with one attached hydrogen (secondary N) is 1. The first kappa shape index (κ1) is 21.0. The van der Waals surface area contributed by atoms with Gasteiger partial charge >= 0.3 is 6.18 Å². The molecular weight excluding hydrogens is 373 g/mol. The molecule has 2 atom stereocenters. The highest BCUT2D eigenvalue weighted by Crippen LogP contribution is 2.44. The smallest absolute Gasteiger partial charge is 0.375 e. The minimum Gasteiger partial charge on any atom is -0.375 e. The molecule has 0 radical (unpaired) electrons. The minimum absolute atomic E-state index is 0.0366. The molecule has 1 fully saturated rings. The van der Waals surface area contributed by atoms with Gasteiger partial charge < -0.3 is 15.0 Å². The molecule has 0 aromatic carbocycles. The lowest BCUT2D eigenvalue weighted by Gasteiger charge is -2.39. The third-order valence-electron chi connectivity index (χ3n) is 5.79. The van der Waals surface area contributed by atoms with Gasteiger partial charge in [0.05, 0.1) is 5.69 Å². The lowest BCUT2D eigenvalue weighted by atomic mass is 9.82. The average Bonchev–Trinajstić information content (AvgIpc) is 3.03. The van der Waals surface area contributed by atoms with Crippen LogP contribution in [0.5, 0.6) is 0 Å². The van der Waals surface area contributed by atoms with Crippen LogP contribution in [0.3, 0.4) is 0 Å². The molecule has 9 heteroatoms. The van der Waals surface area contributed by atoms with Gasteiger partial charge in [-0.05, 0) is 24.7 Å². The molecule has 0 aliphatic carbocycles. The number of aromatic nitrogens is 2. The fourth-order valence-electron chi connectivity index (χ4n) is 4.00. The van der Waals surface area contributed by atoms with E-state index in [1.54, 1.807) is 11.0 Å². The molecule has 3 heterocycles. The lowest BCUT2D eigenvalue weighted by molar-refractivity contribution is -0.175. The van der Waals surface area contributed by atoms with Crippen molar-refractivity contribution in [1.82, 2.24) is 14.7 Å². The van der Waals surface area contributed by atoms with Crippen molar-refractivity contribution < 1.29 is 22.7 Å². The molecule has 3 rings (SSSR count). The Morgan fingerprint density at radius 1 is 1.29 bits per heavy atom. The number of carbonyl (C=O) groups is 1. The van der Waals surface area contributed by atoms with Gasteiger partial charge in [0.25, 0.3) is 0 Å². The molecule has 1 amide bonds. The van der Waals surface area contributed by atoms with Crippen molar-refractivity contribution in [3.63, 3.8) is 0 Å². The van der Waals surface area contributed by atoms with E-state index in [9.17, 15) is 18.0 Å². The molecule has 1 N–H and O–H groups in total. The van der Waals surface area contributed by atoms with Crippen LogP contribution in [0.1, 0.15) is 57.7 Å². The maximum Gasteiger partial charge on any atom is 0.410 e. The molecule has 0 spiro atoms. The van der Waals surface area contributed by atoms with Crippen LogP contribution in [0.25, 0.3) is 0 Å². The number of hydrogen-bond acceptors (Lipinski definition) is 4. The maximum absolute atomic E-state index is 13.7. The van der Waals surface area contributed by atoms with Crippen molar-refractivity contribution in [2.24, 2.45) is 5.41 Å². The molecule has 2 aliphatic rings. The van der Waals surface area contributed by atoms with E-state index in [4.69, 9.17) is 4.74 Å². The zero-order chi connectivity index (χ0) is 20.7. The van der Waals surface area contributed by atoms with E-state index in [0.29, 0.717) is 37.4 Å². The predicted molar refractivity (Wildman–Crippen MR) is 99.2 cm³/mol. The number of methoxy groups -OCH3 is 1. The van der Waals surface area contributed by atoms with Crippen molar-refractivity contribution in [2.75, 3.05) is 32.1 Å². The summed E-state index contributed by atoms with van der Waals surface area (Å²) in [6.07, 6.45) is -3.01. The molecule has 1 saturated heterocycles. The number of rotatable bonds is 3. The van der Waals surface area contributed by atoms with Crippen molar-refractivity contribution in [3.05, 3.63) is 11.8 Å². The summed E-state index contributed by atoms with van der Waals surface area (Å²) in [5.74, 6) is 0.423. The predicted octanol–water partition coefficient (Wildman–Crippen LogP) is 3.57. The van der Waals surface area contributed by atoms with Gasteiger partial charge in [0, 0.05) is 38.2 Å². The third kappa shape index (κ3) is 4.29. The Balaban J connectivity index is 1.78. The number of halogens is 3. The van der Waals surface area contributed by atoms with E-state index < -0.39 is 12.2 Å². The number of hydrogen-bond donors (Lipinski definition) is 1. The number of fused-ring (bicyclic) bond motifs is 1. The van der Waals surface area contributed by atoms with E-state index in [1.807, 2.05) is 20.8 Å². The van der Waals surface area contributed by atoms with Gasteiger partial charge in [-0.15, -0.1) is 0 Å². The molecule has 158 valence electrons. The number of piperidine rings is 1. The number of anilines is 1. The molecule has 6 nitrogen and oxygen atoms in total. The van der Waals surface area contributed by atoms with Gasteiger partial charge in [-0.2, -0.15) is 18.3 Å². The second kappa shape index (κ2) is 7.57. The second-order valence-electron chi connectivity index (χ2n) is 8.84. The number of nitrogens with zero attached hydrogens (tertiary/aromatic N) is 3. The minimum atomic E-state index is -4.35. The Morgan fingerprint density at radius 2 is 1.93 bits per heavy atom. The van der Waals surface area contributed by atoms with E-state index >= 15 is 0 Å². The van der Waals surface area contributed by atoms with Crippen LogP contribution in [0.2, 0.25) is 0 Å². The Kier molecular flexibility index (Phi) is 5.67. The summed E-state index contributed by atoms with van der Waals surface area (Å²) in [5.41, 5.74) is 0.372. The van der Waals surface area contributed by atoms with Gasteiger partial charge in [-0.25, -0.2) is 4.68 Å². The zero-order valence-electron chi connectivity index (χ0n) is 16.8. The average molecular weight is 402 g/mol.